The minimum Gasteiger partial charge on any atom is -0.383 e. The first kappa shape index (κ1) is 18.1. The maximum absolute atomic E-state index is 11.9. The summed E-state index contributed by atoms with van der Waals surface area (Å²) in [5, 5.41) is 0. The Balaban J connectivity index is 0. The van der Waals surface area contributed by atoms with E-state index in [2.05, 4.69) is 0 Å². The molecule has 1 fully saturated rings. The smallest absolute Gasteiger partial charge is 0.383 e. The van der Waals surface area contributed by atoms with Gasteiger partial charge in [0.1, 0.15) is 0 Å². The Hall–Kier alpha value is -0.290. The van der Waals surface area contributed by atoms with E-state index in [9.17, 15) is 13.2 Å². The summed E-state index contributed by atoms with van der Waals surface area (Å²) in [6, 6.07) is -0.0309. The molecule has 1 rings (SSSR count). The van der Waals surface area contributed by atoms with Gasteiger partial charge in [0.15, 0.2) is 0 Å². The van der Waals surface area contributed by atoms with Crippen LogP contribution in [0.2, 0.25) is 0 Å². The lowest BCUT2D eigenvalue weighted by Gasteiger charge is -2.40. The molecule has 0 aromatic rings. The maximum atomic E-state index is 11.9. The number of rotatable bonds is 3. The van der Waals surface area contributed by atoms with Crippen LogP contribution in [-0.4, -0.2) is 43.9 Å². The molecule has 0 amide bonds. The standard InChI is InChI=1S/C7H12F3NO.2C2H6/c1-12-4-6-2-3-11(6)5-7(8,9)10;2*1-2/h6H,2-5H2,1H3;2*1-2H3. The SMILES string of the molecule is CC.CC.COCC1CCN1CC(F)(F)F. The molecule has 0 bridgehead atoms. The fourth-order valence-corrected chi connectivity index (χ4v) is 1.31. The van der Waals surface area contributed by atoms with Gasteiger partial charge in [0, 0.05) is 19.7 Å². The number of nitrogens with zero attached hydrogens (tertiary/aromatic N) is 1. The largest absolute Gasteiger partial charge is 0.401 e. The second-order valence-corrected chi connectivity index (χ2v) is 2.98. The quantitative estimate of drug-likeness (QED) is 0.754. The third-order valence-electron chi connectivity index (χ3n) is 2.01. The Labute approximate surface area is 96.8 Å². The van der Waals surface area contributed by atoms with E-state index in [1.54, 1.807) is 0 Å². The van der Waals surface area contributed by atoms with Gasteiger partial charge in [-0.3, -0.25) is 4.90 Å². The van der Waals surface area contributed by atoms with Crippen LogP contribution >= 0.6 is 0 Å². The molecule has 0 aliphatic carbocycles. The van der Waals surface area contributed by atoms with Gasteiger partial charge in [0.25, 0.3) is 0 Å². The summed E-state index contributed by atoms with van der Waals surface area (Å²) in [5.74, 6) is 0. The summed E-state index contributed by atoms with van der Waals surface area (Å²) in [7, 11) is 1.50. The number of alkyl halides is 3. The summed E-state index contributed by atoms with van der Waals surface area (Å²) >= 11 is 0. The molecular formula is C11H24F3NO. The van der Waals surface area contributed by atoms with Crippen molar-refractivity contribution in [1.29, 1.82) is 0 Å². The molecule has 0 aromatic carbocycles. The van der Waals surface area contributed by atoms with E-state index in [0.717, 1.165) is 6.42 Å². The van der Waals surface area contributed by atoms with Crippen molar-refractivity contribution < 1.29 is 17.9 Å². The van der Waals surface area contributed by atoms with E-state index >= 15 is 0 Å². The second kappa shape index (κ2) is 9.90. The fraction of sp³-hybridized carbons (Fsp3) is 1.00. The van der Waals surface area contributed by atoms with Crippen LogP contribution in [0.1, 0.15) is 34.1 Å². The van der Waals surface area contributed by atoms with E-state index in [-0.39, 0.29) is 6.04 Å². The summed E-state index contributed by atoms with van der Waals surface area (Å²) in [5.41, 5.74) is 0. The average Bonchev–Trinajstić information content (AvgIpc) is 2.26. The van der Waals surface area contributed by atoms with Gasteiger partial charge >= 0.3 is 6.18 Å². The highest BCUT2D eigenvalue weighted by atomic mass is 19.4. The van der Waals surface area contributed by atoms with Crippen LogP contribution in [0, 0.1) is 0 Å². The second-order valence-electron chi connectivity index (χ2n) is 2.98. The molecular weight excluding hydrogens is 219 g/mol. The predicted molar refractivity (Wildman–Crippen MR) is 60.6 cm³/mol. The molecule has 100 valence electrons. The van der Waals surface area contributed by atoms with Crippen molar-refractivity contribution in [2.75, 3.05) is 26.8 Å². The summed E-state index contributed by atoms with van der Waals surface area (Å²) in [6.45, 7) is 8.13. The summed E-state index contributed by atoms with van der Waals surface area (Å²) in [6.07, 6.45) is -3.27. The van der Waals surface area contributed by atoms with Gasteiger partial charge in [-0.15, -0.1) is 0 Å². The van der Waals surface area contributed by atoms with Crippen LogP contribution in [0.25, 0.3) is 0 Å². The number of hydrogen-bond acceptors (Lipinski definition) is 2. The first-order valence-corrected chi connectivity index (χ1v) is 5.82. The highest BCUT2D eigenvalue weighted by molar-refractivity contribution is 4.83. The predicted octanol–water partition coefficient (Wildman–Crippen LogP) is 3.32. The monoisotopic (exact) mass is 243 g/mol. The molecule has 1 saturated heterocycles. The molecule has 0 saturated carbocycles. The first-order valence-electron chi connectivity index (χ1n) is 5.82. The molecule has 1 unspecified atom stereocenters. The third-order valence-corrected chi connectivity index (χ3v) is 2.01. The van der Waals surface area contributed by atoms with Crippen molar-refractivity contribution in [1.82, 2.24) is 4.90 Å². The zero-order valence-corrected chi connectivity index (χ0v) is 10.9. The molecule has 0 aromatic heterocycles. The normalized spacial score (nSPS) is 19.9. The van der Waals surface area contributed by atoms with Gasteiger partial charge in [-0.25, -0.2) is 0 Å². The van der Waals surface area contributed by atoms with Crippen LogP contribution in [-0.2, 0) is 4.74 Å². The topological polar surface area (TPSA) is 12.5 Å². The van der Waals surface area contributed by atoms with Crippen molar-refractivity contribution in [3.8, 4) is 0 Å². The Morgan fingerprint density at radius 1 is 1.19 bits per heavy atom. The van der Waals surface area contributed by atoms with Gasteiger partial charge in [0.2, 0.25) is 0 Å². The van der Waals surface area contributed by atoms with E-state index in [4.69, 9.17) is 4.74 Å². The van der Waals surface area contributed by atoms with Crippen LogP contribution in [0.4, 0.5) is 13.2 Å². The lowest BCUT2D eigenvalue weighted by atomic mass is 10.0. The van der Waals surface area contributed by atoms with Crippen molar-refractivity contribution in [3.05, 3.63) is 0 Å². The van der Waals surface area contributed by atoms with E-state index < -0.39 is 12.7 Å². The molecule has 5 heteroatoms. The summed E-state index contributed by atoms with van der Waals surface area (Å²) < 4.78 is 40.4. The number of hydrogen-bond donors (Lipinski definition) is 0. The minimum absolute atomic E-state index is 0.0309. The fourth-order valence-electron chi connectivity index (χ4n) is 1.31. The van der Waals surface area contributed by atoms with Gasteiger partial charge < -0.3 is 4.74 Å². The molecule has 0 radical (unpaired) electrons. The Morgan fingerprint density at radius 2 is 1.69 bits per heavy atom. The third kappa shape index (κ3) is 7.93. The number of methoxy groups -OCH3 is 1. The van der Waals surface area contributed by atoms with E-state index in [1.165, 1.54) is 12.0 Å². The van der Waals surface area contributed by atoms with Crippen molar-refractivity contribution in [3.63, 3.8) is 0 Å². The van der Waals surface area contributed by atoms with Gasteiger partial charge in [-0.1, -0.05) is 27.7 Å². The Morgan fingerprint density at radius 3 is 1.94 bits per heavy atom. The highest BCUT2D eigenvalue weighted by Crippen LogP contribution is 2.24. The highest BCUT2D eigenvalue weighted by Gasteiger charge is 2.37. The van der Waals surface area contributed by atoms with E-state index in [0.29, 0.717) is 13.2 Å². The molecule has 1 aliphatic heterocycles. The summed E-state index contributed by atoms with van der Waals surface area (Å²) in [4.78, 5) is 1.39. The number of halogens is 3. The number of ether oxygens (including phenoxy) is 1. The molecule has 1 atom stereocenters. The molecule has 2 nitrogen and oxygen atoms in total. The first-order chi connectivity index (χ1) is 7.53. The molecule has 1 heterocycles. The van der Waals surface area contributed by atoms with Crippen LogP contribution in [0.5, 0.6) is 0 Å². The lowest BCUT2D eigenvalue weighted by molar-refractivity contribution is -0.165. The van der Waals surface area contributed by atoms with Crippen LogP contribution < -0.4 is 0 Å². The molecule has 0 N–H and O–H groups in total. The zero-order valence-electron chi connectivity index (χ0n) is 10.9. The molecule has 0 spiro atoms. The van der Waals surface area contributed by atoms with Gasteiger partial charge in [-0.2, -0.15) is 13.2 Å². The van der Waals surface area contributed by atoms with E-state index in [1.807, 2.05) is 27.7 Å². The van der Waals surface area contributed by atoms with Gasteiger partial charge in [-0.05, 0) is 6.42 Å². The lowest BCUT2D eigenvalue weighted by Crippen LogP contribution is -2.53. The van der Waals surface area contributed by atoms with Gasteiger partial charge in [0.05, 0.1) is 13.2 Å². The minimum atomic E-state index is -4.08. The van der Waals surface area contributed by atoms with Crippen molar-refractivity contribution in [2.24, 2.45) is 0 Å². The van der Waals surface area contributed by atoms with Crippen molar-refractivity contribution in [2.45, 2.75) is 46.3 Å². The maximum Gasteiger partial charge on any atom is 0.401 e. The molecule has 16 heavy (non-hydrogen) atoms. The molecule has 1 aliphatic rings. The van der Waals surface area contributed by atoms with Crippen LogP contribution in [0.15, 0.2) is 0 Å². The zero-order chi connectivity index (χ0) is 13.2. The number of likely N-dealkylation sites (tertiary alicyclic amines) is 1. The average molecular weight is 243 g/mol. The van der Waals surface area contributed by atoms with Crippen LogP contribution in [0.3, 0.4) is 0 Å². The van der Waals surface area contributed by atoms with Crippen molar-refractivity contribution >= 4 is 0 Å². The Kier molecular flexibility index (Phi) is 11.2. The Bertz CT molecular complexity index is 151.